The Morgan fingerprint density at radius 3 is 2.27 bits per heavy atom. The van der Waals surface area contributed by atoms with Crippen molar-refractivity contribution in [3.05, 3.63) is 102 Å². The van der Waals surface area contributed by atoms with Crippen LogP contribution in [0.25, 0.3) is 44.2 Å². The molecule has 0 aliphatic carbocycles. The first-order chi connectivity index (χ1) is 30.1. The van der Waals surface area contributed by atoms with E-state index >= 15 is 0 Å². The molecular formula is C46H48N8O8. The van der Waals surface area contributed by atoms with Crippen LogP contribution >= 0.6 is 0 Å². The first-order valence-corrected chi connectivity index (χ1v) is 20.8. The topological polar surface area (TPSA) is 193 Å². The Hall–Kier alpha value is -6.94. The van der Waals surface area contributed by atoms with E-state index in [1.54, 1.807) is 22.9 Å². The van der Waals surface area contributed by atoms with Gasteiger partial charge in [-0.3, -0.25) is 9.59 Å². The number of aromatic nitrogens is 4. The molecule has 9 rings (SSSR count). The Kier molecular flexibility index (Phi) is 11.0. The van der Waals surface area contributed by atoms with Crippen molar-refractivity contribution in [3.8, 4) is 28.1 Å². The van der Waals surface area contributed by atoms with Crippen molar-refractivity contribution in [1.29, 1.82) is 0 Å². The van der Waals surface area contributed by atoms with Gasteiger partial charge < -0.3 is 49.3 Å². The van der Waals surface area contributed by atoms with Crippen LogP contribution in [0.1, 0.15) is 73.5 Å². The van der Waals surface area contributed by atoms with Gasteiger partial charge in [-0.05, 0) is 84.5 Å². The van der Waals surface area contributed by atoms with Crippen LogP contribution in [0.5, 0.6) is 5.75 Å². The second-order valence-corrected chi connectivity index (χ2v) is 15.9. The largest absolute Gasteiger partial charge is 0.488 e. The lowest BCUT2D eigenvalue weighted by atomic mass is 9.92. The third-order valence-corrected chi connectivity index (χ3v) is 12.4. The molecule has 5 atom stereocenters. The average Bonchev–Trinajstić information content (AvgIpc) is 4.15. The lowest BCUT2D eigenvalue weighted by molar-refractivity contribution is -0.137. The SMILES string of the molecule is COC(=O)N[C@H](C(=O)N1CCC[C@H]1c1ncc(-c2ccc3c(c2)COc2cc4c(ccc5nc([C@@H]6CCCN6C(=O)[C@H](NC(=O)OC)c6ccccc6)[nH]c54)cc2-3)[nH]1)[C@@H](C)OC. The number of methoxy groups -OCH3 is 3. The smallest absolute Gasteiger partial charge is 0.407 e. The fourth-order valence-corrected chi connectivity index (χ4v) is 9.08. The number of amides is 4. The molecular weight excluding hydrogens is 793 g/mol. The van der Waals surface area contributed by atoms with Crippen LogP contribution in [0.4, 0.5) is 9.59 Å². The molecule has 4 aromatic carbocycles. The molecule has 0 bridgehead atoms. The summed E-state index contributed by atoms with van der Waals surface area (Å²) >= 11 is 0. The Balaban J connectivity index is 0.956. The van der Waals surface area contributed by atoms with Crippen molar-refractivity contribution in [2.75, 3.05) is 34.4 Å². The van der Waals surface area contributed by atoms with Crippen LogP contribution in [-0.2, 0) is 30.4 Å². The van der Waals surface area contributed by atoms with Crippen molar-refractivity contribution in [2.24, 2.45) is 0 Å². The van der Waals surface area contributed by atoms with Gasteiger partial charge in [0.2, 0.25) is 5.91 Å². The number of carbonyl (C=O) groups is 4. The number of hydrogen-bond acceptors (Lipinski definition) is 10. The van der Waals surface area contributed by atoms with Gasteiger partial charge in [-0.15, -0.1) is 0 Å². The van der Waals surface area contributed by atoms with E-state index in [1.165, 1.54) is 21.3 Å². The van der Waals surface area contributed by atoms with Gasteiger partial charge in [0.25, 0.3) is 5.91 Å². The normalized spacial score (nSPS) is 18.4. The lowest BCUT2D eigenvalue weighted by Crippen LogP contribution is -2.54. The zero-order valence-corrected chi connectivity index (χ0v) is 34.9. The molecule has 4 N–H and O–H groups in total. The number of alkyl carbamates (subject to hydrolysis) is 2. The summed E-state index contributed by atoms with van der Waals surface area (Å²) in [5.41, 5.74) is 7.14. The second-order valence-electron chi connectivity index (χ2n) is 15.9. The van der Waals surface area contributed by atoms with Gasteiger partial charge in [0.1, 0.15) is 36.1 Å². The summed E-state index contributed by atoms with van der Waals surface area (Å²) in [6.45, 7) is 3.16. The highest BCUT2D eigenvalue weighted by molar-refractivity contribution is 6.07. The Labute approximate surface area is 357 Å². The fourth-order valence-electron chi connectivity index (χ4n) is 9.08. The summed E-state index contributed by atoms with van der Waals surface area (Å²) < 4.78 is 21.5. The minimum absolute atomic E-state index is 0.225. The highest BCUT2D eigenvalue weighted by atomic mass is 16.5. The maximum absolute atomic E-state index is 14.1. The van der Waals surface area contributed by atoms with Gasteiger partial charge in [-0.1, -0.05) is 48.5 Å². The predicted octanol–water partition coefficient (Wildman–Crippen LogP) is 6.85. The van der Waals surface area contributed by atoms with Gasteiger partial charge in [-0.2, -0.15) is 0 Å². The first kappa shape index (κ1) is 40.5. The number of hydrogen-bond donors (Lipinski definition) is 4. The third kappa shape index (κ3) is 7.44. The standard InChI is InChI=1S/C46H48N8O8/c1-25(59-2)38(51-45(57)60-3)43(55)53-18-8-12-35(53)41-47-23-34(49-41)28-14-16-30-29(20-28)24-62-37-22-31-27(21-32(30)37)15-17-33-40(31)50-42(48-33)36-13-9-19-54(36)44(56)39(52-46(58)61-4)26-10-6-5-7-11-26/h5-7,10-11,14-17,20-23,25,35-36,38-39H,8-9,12-13,18-19,24H2,1-4H3,(H,47,49)(H,48,50)(H,51,57)(H,52,58)/t25-,35+,36+,38+,39-/m1/s1. The van der Waals surface area contributed by atoms with Gasteiger partial charge in [0.05, 0.1) is 55.3 Å². The average molecular weight is 841 g/mol. The summed E-state index contributed by atoms with van der Waals surface area (Å²) in [4.78, 5) is 72.5. The molecule has 5 heterocycles. The molecule has 0 saturated carbocycles. The van der Waals surface area contributed by atoms with Gasteiger partial charge in [0.15, 0.2) is 0 Å². The van der Waals surface area contributed by atoms with Crippen LogP contribution in [-0.4, -0.2) is 100 Å². The number of imidazole rings is 2. The highest BCUT2D eigenvalue weighted by Crippen LogP contribution is 2.43. The van der Waals surface area contributed by atoms with Crippen molar-refractivity contribution in [1.82, 2.24) is 40.4 Å². The van der Waals surface area contributed by atoms with Gasteiger partial charge in [0, 0.05) is 31.1 Å². The first-order valence-electron chi connectivity index (χ1n) is 20.8. The van der Waals surface area contributed by atoms with E-state index in [4.69, 9.17) is 28.9 Å². The molecule has 4 amide bonds. The minimum Gasteiger partial charge on any atom is -0.488 e. The zero-order valence-electron chi connectivity index (χ0n) is 34.9. The molecule has 62 heavy (non-hydrogen) atoms. The van der Waals surface area contributed by atoms with Crippen molar-refractivity contribution >= 4 is 45.8 Å². The Morgan fingerprint density at radius 1 is 0.806 bits per heavy atom. The maximum Gasteiger partial charge on any atom is 0.407 e. The van der Waals surface area contributed by atoms with Crippen molar-refractivity contribution in [3.63, 3.8) is 0 Å². The number of nitrogens with one attached hydrogen (secondary N) is 4. The summed E-state index contributed by atoms with van der Waals surface area (Å²) in [7, 11) is 4.04. The number of benzene rings is 4. The summed E-state index contributed by atoms with van der Waals surface area (Å²) in [5, 5.41) is 7.33. The Bertz CT molecular complexity index is 2680. The quantitative estimate of drug-likeness (QED) is 0.113. The van der Waals surface area contributed by atoms with E-state index in [2.05, 4.69) is 57.0 Å². The number of H-pyrrole nitrogens is 2. The van der Waals surface area contributed by atoms with E-state index in [0.29, 0.717) is 36.9 Å². The molecule has 0 unspecified atom stereocenters. The summed E-state index contributed by atoms with van der Waals surface area (Å²) in [5.74, 6) is 1.64. The summed E-state index contributed by atoms with van der Waals surface area (Å²) in [6.07, 6.45) is 2.88. The number of fused-ring (bicyclic) bond motifs is 6. The minimum atomic E-state index is -0.913. The molecule has 6 aromatic rings. The summed E-state index contributed by atoms with van der Waals surface area (Å²) in [6, 6.07) is 21.3. The van der Waals surface area contributed by atoms with Crippen molar-refractivity contribution in [2.45, 2.75) is 69.5 Å². The number of rotatable bonds is 10. The fraction of sp³-hybridized carbons (Fsp3) is 0.348. The highest BCUT2D eigenvalue weighted by Gasteiger charge is 2.40. The Morgan fingerprint density at radius 2 is 1.53 bits per heavy atom. The predicted molar refractivity (Wildman–Crippen MR) is 229 cm³/mol. The zero-order chi connectivity index (χ0) is 43.1. The molecule has 16 nitrogen and oxygen atoms in total. The lowest BCUT2D eigenvalue weighted by Gasteiger charge is -2.30. The molecule has 0 spiro atoms. The van der Waals surface area contributed by atoms with E-state index in [0.717, 1.165) is 81.2 Å². The van der Waals surface area contributed by atoms with E-state index in [1.807, 2.05) is 36.4 Å². The van der Waals surface area contributed by atoms with Crippen LogP contribution < -0.4 is 15.4 Å². The maximum atomic E-state index is 14.1. The number of ether oxygens (including phenoxy) is 4. The number of carbonyl (C=O) groups excluding carboxylic acids is 4. The van der Waals surface area contributed by atoms with E-state index in [-0.39, 0.29) is 23.9 Å². The molecule has 0 radical (unpaired) electrons. The van der Waals surface area contributed by atoms with Crippen LogP contribution in [0, 0.1) is 0 Å². The van der Waals surface area contributed by atoms with Crippen LogP contribution in [0.3, 0.4) is 0 Å². The van der Waals surface area contributed by atoms with Crippen LogP contribution in [0.15, 0.2) is 79.0 Å². The molecule has 320 valence electrons. The molecule has 3 aliphatic heterocycles. The number of aromatic amines is 2. The number of likely N-dealkylation sites (tertiary alicyclic amines) is 2. The monoisotopic (exact) mass is 840 g/mol. The van der Waals surface area contributed by atoms with Gasteiger partial charge in [-0.25, -0.2) is 19.6 Å². The molecule has 2 fully saturated rings. The van der Waals surface area contributed by atoms with Gasteiger partial charge >= 0.3 is 12.2 Å². The molecule has 2 aromatic heterocycles. The molecule has 16 heteroatoms. The molecule has 3 aliphatic rings. The third-order valence-electron chi connectivity index (χ3n) is 12.4. The number of nitrogens with zero attached hydrogens (tertiary/aromatic N) is 4. The van der Waals surface area contributed by atoms with Crippen LogP contribution in [0.2, 0.25) is 0 Å². The van der Waals surface area contributed by atoms with E-state index in [9.17, 15) is 19.2 Å². The molecule has 2 saturated heterocycles. The van der Waals surface area contributed by atoms with E-state index < -0.39 is 30.4 Å². The van der Waals surface area contributed by atoms with Crippen molar-refractivity contribution < 1.29 is 38.1 Å². The second kappa shape index (κ2) is 16.8.